The van der Waals surface area contributed by atoms with Gasteiger partial charge in [-0.3, -0.25) is 4.79 Å². The molecule has 2 N–H and O–H groups in total. The molecule has 2 rings (SSSR count). The number of sulfone groups is 1. The second-order valence-corrected chi connectivity index (χ2v) is 7.50. The van der Waals surface area contributed by atoms with Crippen molar-refractivity contribution in [3.8, 4) is 11.8 Å². The lowest BCUT2D eigenvalue weighted by Crippen LogP contribution is -2.43. The van der Waals surface area contributed by atoms with E-state index in [1.54, 1.807) is 17.0 Å². The van der Waals surface area contributed by atoms with Crippen molar-refractivity contribution in [3.05, 3.63) is 21.9 Å². The first-order valence-electron chi connectivity index (χ1n) is 5.80. The quantitative estimate of drug-likeness (QED) is 0.736. The third-order valence-corrected chi connectivity index (χ3v) is 5.36. The highest BCUT2D eigenvalue weighted by Gasteiger charge is 2.26. The van der Waals surface area contributed by atoms with E-state index in [1.165, 1.54) is 11.3 Å². The lowest BCUT2D eigenvalue weighted by molar-refractivity contribution is 0.0775. The van der Waals surface area contributed by atoms with Gasteiger partial charge in [0.1, 0.15) is 0 Å². The molecule has 102 valence electrons. The minimum atomic E-state index is -2.96. The van der Waals surface area contributed by atoms with Crippen LogP contribution in [0.15, 0.2) is 12.1 Å². The maximum absolute atomic E-state index is 12.2. The fourth-order valence-corrected chi connectivity index (χ4v) is 3.78. The van der Waals surface area contributed by atoms with E-state index in [0.29, 0.717) is 4.88 Å². The first-order valence-corrected chi connectivity index (χ1v) is 8.44. The van der Waals surface area contributed by atoms with Gasteiger partial charge in [0.15, 0.2) is 9.84 Å². The zero-order valence-electron chi connectivity index (χ0n) is 10.3. The van der Waals surface area contributed by atoms with Crippen LogP contribution in [-0.2, 0) is 9.84 Å². The molecule has 0 saturated carbocycles. The van der Waals surface area contributed by atoms with Gasteiger partial charge in [0, 0.05) is 13.1 Å². The molecular weight excluding hydrogens is 284 g/mol. The van der Waals surface area contributed by atoms with Crippen molar-refractivity contribution in [1.29, 1.82) is 0 Å². The Hall–Kier alpha value is -1.36. The van der Waals surface area contributed by atoms with Crippen LogP contribution in [0.5, 0.6) is 0 Å². The van der Waals surface area contributed by atoms with Crippen molar-refractivity contribution in [3.63, 3.8) is 0 Å². The molecule has 1 aromatic rings. The molecule has 1 fully saturated rings. The number of hydrogen-bond donors (Lipinski definition) is 1. The molecule has 1 aromatic heterocycles. The number of carbonyl (C=O) groups excluding carboxylic acids is 1. The molecule has 1 amide bonds. The number of hydrogen-bond acceptors (Lipinski definition) is 5. The Balaban J connectivity index is 2.06. The Morgan fingerprint density at radius 1 is 1.37 bits per heavy atom. The SMILES string of the molecule is NCC#Cc1ccc(C(=O)N2CCS(=O)(=O)CC2)s1. The van der Waals surface area contributed by atoms with Gasteiger partial charge in [-0.1, -0.05) is 11.8 Å². The van der Waals surface area contributed by atoms with E-state index < -0.39 is 9.84 Å². The topological polar surface area (TPSA) is 80.5 Å². The molecule has 2 heterocycles. The number of carbonyl (C=O) groups is 1. The Morgan fingerprint density at radius 2 is 2.05 bits per heavy atom. The largest absolute Gasteiger partial charge is 0.336 e. The van der Waals surface area contributed by atoms with Crippen LogP contribution < -0.4 is 5.73 Å². The average molecular weight is 298 g/mol. The fourth-order valence-electron chi connectivity index (χ4n) is 1.73. The molecular formula is C12H14N2O3S2. The van der Waals surface area contributed by atoms with Crippen LogP contribution in [0.25, 0.3) is 0 Å². The number of amides is 1. The second-order valence-electron chi connectivity index (χ2n) is 4.11. The van der Waals surface area contributed by atoms with Gasteiger partial charge < -0.3 is 10.6 Å². The maximum Gasteiger partial charge on any atom is 0.264 e. The molecule has 0 bridgehead atoms. The summed E-state index contributed by atoms with van der Waals surface area (Å²) >= 11 is 1.30. The molecule has 5 nitrogen and oxygen atoms in total. The van der Waals surface area contributed by atoms with Crippen molar-refractivity contribution in [2.24, 2.45) is 5.73 Å². The molecule has 0 aliphatic carbocycles. The summed E-state index contributed by atoms with van der Waals surface area (Å²) in [5.74, 6) is 5.57. The van der Waals surface area contributed by atoms with Gasteiger partial charge >= 0.3 is 0 Å². The first-order chi connectivity index (χ1) is 9.02. The number of nitrogens with zero attached hydrogens (tertiary/aromatic N) is 1. The van der Waals surface area contributed by atoms with E-state index in [1.807, 2.05) is 0 Å². The third-order valence-electron chi connectivity index (χ3n) is 2.76. The summed E-state index contributed by atoms with van der Waals surface area (Å²) in [7, 11) is -2.96. The molecule has 1 saturated heterocycles. The van der Waals surface area contributed by atoms with Crippen LogP contribution in [-0.4, -0.2) is 50.4 Å². The van der Waals surface area contributed by atoms with E-state index in [2.05, 4.69) is 11.8 Å². The Kier molecular flexibility index (Phi) is 4.24. The molecule has 0 spiro atoms. The summed E-state index contributed by atoms with van der Waals surface area (Å²) in [5, 5.41) is 0. The summed E-state index contributed by atoms with van der Waals surface area (Å²) in [6.07, 6.45) is 0. The zero-order chi connectivity index (χ0) is 13.9. The van der Waals surface area contributed by atoms with Crippen molar-refractivity contribution >= 4 is 27.1 Å². The minimum Gasteiger partial charge on any atom is -0.336 e. The van der Waals surface area contributed by atoms with Gasteiger partial charge in [0.05, 0.1) is 27.8 Å². The average Bonchev–Trinajstić information content (AvgIpc) is 2.84. The maximum atomic E-state index is 12.2. The van der Waals surface area contributed by atoms with Gasteiger partial charge in [0.25, 0.3) is 5.91 Å². The smallest absolute Gasteiger partial charge is 0.264 e. The van der Waals surface area contributed by atoms with Gasteiger partial charge in [0.2, 0.25) is 0 Å². The number of nitrogens with two attached hydrogens (primary N) is 1. The second kappa shape index (κ2) is 5.74. The summed E-state index contributed by atoms with van der Waals surface area (Å²) in [6, 6.07) is 3.50. The van der Waals surface area contributed by atoms with Crippen LogP contribution in [0.3, 0.4) is 0 Å². The van der Waals surface area contributed by atoms with Gasteiger partial charge in [-0.15, -0.1) is 11.3 Å². The molecule has 0 aromatic carbocycles. The van der Waals surface area contributed by atoms with Crippen molar-refractivity contribution < 1.29 is 13.2 Å². The standard InChI is InChI=1S/C12H14N2O3S2/c13-5-1-2-10-3-4-11(18-10)12(15)14-6-8-19(16,17)9-7-14/h3-4H,5-9,13H2. The molecule has 1 aliphatic rings. The lowest BCUT2D eigenvalue weighted by Gasteiger charge is -2.26. The highest BCUT2D eigenvalue weighted by Crippen LogP contribution is 2.18. The van der Waals surface area contributed by atoms with Crippen LogP contribution in [0.2, 0.25) is 0 Å². The summed E-state index contributed by atoms with van der Waals surface area (Å²) in [5.41, 5.74) is 5.28. The van der Waals surface area contributed by atoms with Crippen LogP contribution >= 0.6 is 11.3 Å². The predicted molar refractivity (Wildman–Crippen MR) is 74.8 cm³/mol. The highest BCUT2D eigenvalue weighted by molar-refractivity contribution is 7.91. The Labute approximate surface area is 116 Å². The normalized spacial score (nSPS) is 17.6. The van der Waals surface area contributed by atoms with Crippen LogP contribution in [0, 0.1) is 11.8 Å². The van der Waals surface area contributed by atoms with Gasteiger partial charge in [-0.2, -0.15) is 0 Å². The minimum absolute atomic E-state index is 0.0456. The molecule has 0 unspecified atom stereocenters. The summed E-state index contributed by atoms with van der Waals surface area (Å²) in [6.45, 7) is 0.816. The van der Waals surface area contributed by atoms with Crippen molar-refractivity contribution in [1.82, 2.24) is 4.90 Å². The van der Waals surface area contributed by atoms with Gasteiger partial charge in [-0.25, -0.2) is 8.42 Å². The van der Waals surface area contributed by atoms with Gasteiger partial charge in [-0.05, 0) is 12.1 Å². The summed E-state index contributed by atoms with van der Waals surface area (Å²) < 4.78 is 22.6. The zero-order valence-corrected chi connectivity index (χ0v) is 11.9. The molecule has 1 aliphatic heterocycles. The summed E-state index contributed by atoms with van der Waals surface area (Å²) in [4.78, 5) is 15.1. The van der Waals surface area contributed by atoms with E-state index in [9.17, 15) is 13.2 Å². The Bertz CT molecular complexity index is 623. The van der Waals surface area contributed by atoms with E-state index in [-0.39, 0.29) is 37.0 Å². The van der Waals surface area contributed by atoms with E-state index in [4.69, 9.17) is 5.73 Å². The number of thiophene rings is 1. The first kappa shape index (κ1) is 14.1. The van der Waals surface area contributed by atoms with Crippen molar-refractivity contribution in [2.75, 3.05) is 31.1 Å². The van der Waals surface area contributed by atoms with E-state index >= 15 is 0 Å². The molecule has 0 atom stereocenters. The van der Waals surface area contributed by atoms with E-state index in [0.717, 1.165) is 4.88 Å². The molecule has 0 radical (unpaired) electrons. The van der Waals surface area contributed by atoms with Crippen LogP contribution in [0.4, 0.5) is 0 Å². The number of rotatable bonds is 1. The fraction of sp³-hybridized carbons (Fsp3) is 0.417. The van der Waals surface area contributed by atoms with Crippen molar-refractivity contribution in [2.45, 2.75) is 0 Å². The predicted octanol–water partition coefficient (Wildman–Crippen LogP) is -0.0711. The monoisotopic (exact) mass is 298 g/mol. The molecule has 19 heavy (non-hydrogen) atoms. The third kappa shape index (κ3) is 3.56. The molecule has 7 heteroatoms. The lowest BCUT2D eigenvalue weighted by atomic mass is 10.3. The highest BCUT2D eigenvalue weighted by atomic mass is 32.2. The van der Waals surface area contributed by atoms with Crippen LogP contribution in [0.1, 0.15) is 14.5 Å². The Morgan fingerprint density at radius 3 is 2.68 bits per heavy atom.